The second-order valence-corrected chi connectivity index (χ2v) is 6.37. The van der Waals surface area contributed by atoms with Crippen LogP contribution in [-0.2, 0) is 9.84 Å². The fraction of sp³-hybridized carbons (Fsp3) is 0.333. The van der Waals surface area contributed by atoms with Crippen molar-refractivity contribution in [1.29, 1.82) is 0 Å². The summed E-state index contributed by atoms with van der Waals surface area (Å²) < 4.78 is 37.7. The Bertz CT molecular complexity index is 603. The van der Waals surface area contributed by atoms with Crippen LogP contribution in [0.15, 0.2) is 28.0 Å². The highest BCUT2D eigenvalue weighted by atomic mass is 32.2. The minimum atomic E-state index is -3.62. The Balaban J connectivity index is 1.96. The van der Waals surface area contributed by atoms with E-state index >= 15 is 0 Å². The van der Waals surface area contributed by atoms with Crippen LogP contribution in [0.2, 0.25) is 0 Å². The highest BCUT2D eigenvalue weighted by Crippen LogP contribution is 2.34. The van der Waals surface area contributed by atoms with Gasteiger partial charge in [-0.05, 0) is 30.5 Å². The van der Waals surface area contributed by atoms with Gasteiger partial charge in [-0.1, -0.05) is 12.1 Å². The van der Waals surface area contributed by atoms with Crippen molar-refractivity contribution in [3.63, 3.8) is 0 Å². The van der Waals surface area contributed by atoms with Crippen molar-refractivity contribution in [2.75, 3.05) is 6.54 Å². The Morgan fingerprint density at radius 3 is 2.76 bits per heavy atom. The molecule has 0 aromatic heterocycles. The molecule has 0 unspecified atom stereocenters. The average Bonchev–Trinajstić information content (AvgIpc) is 3.03. The summed E-state index contributed by atoms with van der Waals surface area (Å²) in [5.74, 6) is -0.667. The third kappa shape index (κ3) is 1.79. The predicted molar refractivity (Wildman–Crippen MR) is 62.6 cm³/mol. The number of rotatable bonds is 3. The summed E-state index contributed by atoms with van der Waals surface area (Å²) in [5.41, 5.74) is 0.456. The van der Waals surface area contributed by atoms with Crippen molar-refractivity contribution < 1.29 is 12.8 Å². The molecule has 90 valence electrons. The van der Waals surface area contributed by atoms with Crippen LogP contribution in [0.3, 0.4) is 0 Å². The van der Waals surface area contributed by atoms with Crippen LogP contribution in [0.4, 0.5) is 4.39 Å². The van der Waals surface area contributed by atoms with E-state index in [1.54, 1.807) is 12.1 Å². The standard InChI is InChI=1S/C12H12FNO2S/c13-11-3-1-2-8-6-10(7-14-9-4-5-9)17(15,16)12(8)11/h1-3,6,9,14H,4-5,7H2. The average molecular weight is 253 g/mol. The molecule has 5 heteroatoms. The minimum Gasteiger partial charge on any atom is -0.309 e. The van der Waals surface area contributed by atoms with Crippen LogP contribution in [0.5, 0.6) is 0 Å². The SMILES string of the molecule is O=S1(=O)C(CNC2CC2)=Cc2cccc(F)c21. The molecule has 0 atom stereocenters. The van der Waals surface area contributed by atoms with Crippen molar-refractivity contribution in [2.24, 2.45) is 0 Å². The third-order valence-corrected chi connectivity index (χ3v) is 4.99. The first kappa shape index (κ1) is 10.9. The monoisotopic (exact) mass is 253 g/mol. The molecule has 3 rings (SSSR count). The van der Waals surface area contributed by atoms with E-state index in [1.807, 2.05) is 0 Å². The highest BCUT2D eigenvalue weighted by molar-refractivity contribution is 7.95. The largest absolute Gasteiger partial charge is 0.309 e. The number of fused-ring (bicyclic) bond motifs is 1. The normalized spacial score (nSPS) is 21.1. The Kier molecular flexibility index (Phi) is 2.34. The van der Waals surface area contributed by atoms with E-state index < -0.39 is 15.7 Å². The molecule has 1 N–H and O–H groups in total. The lowest BCUT2D eigenvalue weighted by molar-refractivity contribution is 0.571. The van der Waals surface area contributed by atoms with Gasteiger partial charge in [-0.2, -0.15) is 0 Å². The van der Waals surface area contributed by atoms with E-state index in [1.165, 1.54) is 12.1 Å². The predicted octanol–water partition coefficient (Wildman–Crippen LogP) is 1.71. The molecule has 0 saturated heterocycles. The van der Waals surface area contributed by atoms with E-state index in [9.17, 15) is 12.8 Å². The summed E-state index contributed by atoms with van der Waals surface area (Å²) in [7, 11) is -3.62. The quantitative estimate of drug-likeness (QED) is 0.892. The molecule has 0 bridgehead atoms. The zero-order chi connectivity index (χ0) is 12.0. The molecule has 0 radical (unpaired) electrons. The topological polar surface area (TPSA) is 46.2 Å². The molecule has 17 heavy (non-hydrogen) atoms. The van der Waals surface area contributed by atoms with Gasteiger partial charge in [-0.3, -0.25) is 0 Å². The van der Waals surface area contributed by atoms with Gasteiger partial charge >= 0.3 is 0 Å². The summed E-state index contributed by atoms with van der Waals surface area (Å²) in [6.07, 6.45) is 3.74. The Labute approximate surface area is 99.3 Å². The summed E-state index contributed by atoms with van der Waals surface area (Å²) in [4.78, 5) is 0.0945. The fourth-order valence-corrected chi connectivity index (χ4v) is 3.56. The van der Waals surface area contributed by atoms with Crippen LogP contribution < -0.4 is 5.32 Å². The number of sulfone groups is 1. The first-order valence-corrected chi connectivity index (χ1v) is 7.05. The lowest BCUT2D eigenvalue weighted by atomic mass is 10.2. The van der Waals surface area contributed by atoms with Crippen LogP contribution in [-0.4, -0.2) is 21.0 Å². The molecule has 1 aromatic carbocycles. The Morgan fingerprint density at radius 2 is 2.12 bits per heavy atom. The summed E-state index contributed by atoms with van der Waals surface area (Å²) in [5, 5.41) is 3.14. The molecule has 3 nitrogen and oxygen atoms in total. The van der Waals surface area contributed by atoms with E-state index in [0.29, 0.717) is 18.2 Å². The molecule has 1 aliphatic carbocycles. The van der Waals surface area contributed by atoms with Gasteiger partial charge in [0.05, 0.1) is 4.91 Å². The van der Waals surface area contributed by atoms with Crippen molar-refractivity contribution in [3.8, 4) is 0 Å². The molecule has 1 fully saturated rings. The van der Waals surface area contributed by atoms with Gasteiger partial charge in [0.15, 0.2) is 0 Å². The number of hydrogen-bond acceptors (Lipinski definition) is 3. The van der Waals surface area contributed by atoms with E-state index in [2.05, 4.69) is 5.32 Å². The summed E-state index contributed by atoms with van der Waals surface area (Å²) >= 11 is 0. The number of benzene rings is 1. The van der Waals surface area contributed by atoms with Gasteiger partial charge in [-0.15, -0.1) is 0 Å². The van der Waals surface area contributed by atoms with Gasteiger partial charge < -0.3 is 5.32 Å². The smallest absolute Gasteiger partial charge is 0.207 e. The van der Waals surface area contributed by atoms with Gasteiger partial charge in [0.1, 0.15) is 10.7 Å². The highest BCUT2D eigenvalue weighted by Gasteiger charge is 2.33. The third-order valence-electron chi connectivity index (χ3n) is 3.07. The Morgan fingerprint density at radius 1 is 1.35 bits per heavy atom. The molecule has 0 spiro atoms. The lowest BCUT2D eigenvalue weighted by Crippen LogP contribution is -2.21. The molecular formula is C12H12FNO2S. The first-order chi connectivity index (χ1) is 8.09. The minimum absolute atomic E-state index is 0.174. The maximum Gasteiger partial charge on any atom is 0.207 e. The maximum absolute atomic E-state index is 13.5. The van der Waals surface area contributed by atoms with Crippen LogP contribution in [0.1, 0.15) is 18.4 Å². The van der Waals surface area contributed by atoms with Crippen LogP contribution >= 0.6 is 0 Å². The molecular weight excluding hydrogens is 241 g/mol. The van der Waals surface area contributed by atoms with Gasteiger partial charge in [0.2, 0.25) is 9.84 Å². The zero-order valence-corrected chi connectivity index (χ0v) is 9.93. The van der Waals surface area contributed by atoms with Crippen molar-refractivity contribution in [1.82, 2.24) is 5.32 Å². The van der Waals surface area contributed by atoms with Crippen LogP contribution in [0, 0.1) is 5.82 Å². The first-order valence-electron chi connectivity index (χ1n) is 5.56. The zero-order valence-electron chi connectivity index (χ0n) is 9.11. The van der Waals surface area contributed by atoms with E-state index in [-0.39, 0.29) is 9.80 Å². The molecule has 0 amide bonds. The van der Waals surface area contributed by atoms with Crippen molar-refractivity contribution >= 4 is 15.9 Å². The number of halogens is 1. The fourth-order valence-electron chi connectivity index (χ4n) is 1.98. The second-order valence-electron chi connectivity index (χ2n) is 4.43. The molecule has 1 aromatic rings. The van der Waals surface area contributed by atoms with Crippen molar-refractivity contribution in [2.45, 2.75) is 23.8 Å². The molecule has 2 aliphatic rings. The van der Waals surface area contributed by atoms with E-state index in [4.69, 9.17) is 0 Å². The molecule has 1 saturated carbocycles. The summed E-state index contributed by atoms with van der Waals surface area (Å²) in [6, 6.07) is 4.76. The lowest BCUT2D eigenvalue weighted by Gasteiger charge is -2.05. The maximum atomic E-state index is 13.5. The Hall–Kier alpha value is -1.20. The van der Waals surface area contributed by atoms with Gasteiger partial charge in [0, 0.05) is 12.6 Å². The second kappa shape index (κ2) is 3.65. The van der Waals surface area contributed by atoms with E-state index in [0.717, 1.165) is 12.8 Å². The van der Waals surface area contributed by atoms with Gasteiger partial charge in [0.25, 0.3) is 0 Å². The van der Waals surface area contributed by atoms with Crippen LogP contribution in [0.25, 0.3) is 6.08 Å². The molecule has 1 aliphatic heterocycles. The van der Waals surface area contributed by atoms with Crippen molar-refractivity contribution in [3.05, 3.63) is 34.5 Å². The summed E-state index contributed by atoms with van der Waals surface area (Å²) in [6.45, 7) is 0.293. The number of hydrogen-bond donors (Lipinski definition) is 1. The van der Waals surface area contributed by atoms with Gasteiger partial charge in [-0.25, -0.2) is 12.8 Å². The number of nitrogens with one attached hydrogen (secondary N) is 1. The molecule has 1 heterocycles.